The molecular formula is C116H282FN13O. The molecule has 0 bridgehead atoms. The normalized spacial score (nSPS) is 19.4. The van der Waals surface area contributed by atoms with Gasteiger partial charge in [-0.3, -0.25) is 0 Å². The van der Waals surface area contributed by atoms with E-state index in [1.54, 1.807) is 0 Å². The van der Waals surface area contributed by atoms with Gasteiger partial charge in [0.1, 0.15) is 6.17 Å². The minimum absolute atomic E-state index is 0. The second-order valence-corrected chi connectivity index (χ2v) is 39.3. The number of likely N-dealkylation sites (tertiary alicyclic amines) is 5. The Labute approximate surface area is 843 Å². The number of alkyl halides is 1. The van der Waals surface area contributed by atoms with E-state index in [9.17, 15) is 9.50 Å². The zero-order valence-electron chi connectivity index (χ0n) is 103. The van der Waals surface area contributed by atoms with Gasteiger partial charge in [-0.25, -0.2) is 4.39 Å². The number of likely N-dealkylation sites (N-methyl/N-ethyl adjacent to an activating group) is 6. The van der Waals surface area contributed by atoms with E-state index in [2.05, 4.69) is 401 Å². The Balaban J connectivity index is -0.0000000595. The summed E-state index contributed by atoms with van der Waals surface area (Å²) in [6, 6.07) is 0. The monoisotopic (exact) mass is 1890 g/mol. The molecule has 0 saturated carbocycles. The topological polar surface area (TPSA) is 62.4 Å². The molecular weight excluding hydrogens is 1610 g/mol. The molecule has 1 N–H and O–H groups in total. The van der Waals surface area contributed by atoms with E-state index in [1.807, 2.05) is 38.0 Å². The summed E-state index contributed by atoms with van der Waals surface area (Å²) in [7, 11) is 27.8. The van der Waals surface area contributed by atoms with Gasteiger partial charge in [0.2, 0.25) is 0 Å². The number of aliphatic hydroxyl groups is 1. The molecule has 0 aromatic carbocycles. The van der Waals surface area contributed by atoms with Crippen LogP contribution in [0.4, 0.5) is 4.39 Å². The summed E-state index contributed by atoms with van der Waals surface area (Å²) in [5.41, 5.74) is 0. The van der Waals surface area contributed by atoms with Crippen LogP contribution in [0.3, 0.4) is 0 Å². The Kier molecular flexibility index (Phi) is 223. The predicted octanol–water partition coefficient (Wildman–Crippen LogP) is 32.0. The Morgan fingerprint density at radius 2 is 0.290 bits per heavy atom. The van der Waals surface area contributed by atoms with Crippen LogP contribution in [-0.2, 0) is 0 Å². The number of nitrogens with zero attached hydrogens (tertiary/aromatic N) is 13. The number of hydrogen-bond acceptors (Lipinski definition) is 14. The summed E-state index contributed by atoms with van der Waals surface area (Å²) in [6.07, 6.45) is 35.5. The summed E-state index contributed by atoms with van der Waals surface area (Å²) in [5.74, 6) is 4.76. The maximum Gasteiger partial charge on any atom is 0.125 e. The van der Waals surface area contributed by atoms with Gasteiger partial charge in [-0.1, -0.05) is 407 Å². The quantitative estimate of drug-likeness (QED) is 0.250. The number of halogens is 1. The molecule has 0 amide bonds. The lowest BCUT2D eigenvalue weighted by Gasteiger charge is -2.26. The molecule has 0 aromatic heterocycles. The van der Waals surface area contributed by atoms with Gasteiger partial charge in [0.05, 0.1) is 6.10 Å². The van der Waals surface area contributed by atoms with Crippen molar-refractivity contribution in [2.75, 3.05) is 262 Å². The standard InChI is InChI=1S/C8H18N2.C7H15FN2.C7H16N2O.C7H16N2.2C7H15N.3C6H13N.18C3H8.CH4/c1-9-5-3-7-10(2)8-4-6-9;1-9-3-4-10(2)6-7(8)5-9;1-8-3-4-9(2)6-7(10)5-8;1-8-4-3-5-9(2)7-6-8;1-7-3-5-8(2)6-4-7;1-7-4-3-5-8(2)6-7;3*1-6-3-4-7(2)5-6;18*1-3-2;/h3-8H2,1-2H3;7H,3-6H2,1-2H3;7,10H,3-6H2,1-2H3;3-7H2,1-2H3;2*7H,3-6H2,1-2H3;3*6H,3-5H2,1-2H3;18*3H2,1-2H3;1H4/t;;;;;7-;2*6-;;;;;;;;;;;;;;;;;;;;/m.....110..................../s1. The van der Waals surface area contributed by atoms with Crippen LogP contribution in [0.1, 0.15) is 471 Å². The molecule has 15 heteroatoms. The Morgan fingerprint density at radius 1 is 0.168 bits per heavy atom. The smallest absolute Gasteiger partial charge is 0.125 e. The maximum atomic E-state index is 12.9. The third kappa shape index (κ3) is 231. The summed E-state index contributed by atoms with van der Waals surface area (Å²) in [4.78, 5) is 30.0. The number of hydrogen-bond donors (Lipinski definition) is 1. The Morgan fingerprint density at radius 3 is 0.435 bits per heavy atom. The highest BCUT2D eigenvalue weighted by Gasteiger charge is 2.19. The first kappa shape index (κ1) is 176. The van der Waals surface area contributed by atoms with E-state index in [4.69, 9.17) is 0 Å². The summed E-state index contributed by atoms with van der Waals surface area (Å²) >= 11 is 0. The molecule has 9 fully saturated rings. The molecule has 9 rings (SSSR count). The van der Waals surface area contributed by atoms with Crippen molar-refractivity contribution in [2.45, 2.75) is 483 Å². The third-order valence-corrected chi connectivity index (χ3v) is 16.6. The van der Waals surface area contributed by atoms with Crippen LogP contribution in [0.5, 0.6) is 0 Å². The average molecular weight is 1890 g/mol. The Bertz CT molecular complexity index is 1390. The van der Waals surface area contributed by atoms with Gasteiger partial charge in [-0.2, -0.15) is 0 Å². The van der Waals surface area contributed by atoms with Crippen molar-refractivity contribution in [1.82, 2.24) is 63.7 Å². The van der Waals surface area contributed by atoms with Gasteiger partial charge >= 0.3 is 0 Å². The minimum atomic E-state index is -0.669. The number of aliphatic hydroxyl groups excluding tert-OH is 1. The fourth-order valence-electron chi connectivity index (χ4n) is 11.2. The van der Waals surface area contributed by atoms with E-state index in [0.29, 0.717) is 13.1 Å². The van der Waals surface area contributed by atoms with Crippen LogP contribution in [-0.4, -0.2) is 343 Å². The molecule has 0 radical (unpaired) electrons. The molecule has 9 heterocycles. The third-order valence-electron chi connectivity index (χ3n) is 16.6. The minimum Gasteiger partial charge on any atom is -0.390 e. The number of piperidine rings is 2. The first-order chi connectivity index (χ1) is 61.3. The van der Waals surface area contributed by atoms with Crippen LogP contribution in [0.25, 0.3) is 0 Å². The zero-order valence-corrected chi connectivity index (χ0v) is 103. The fraction of sp³-hybridized carbons (Fsp3) is 1.00. The number of rotatable bonds is 0. The van der Waals surface area contributed by atoms with E-state index in [-0.39, 0.29) is 13.5 Å². The molecule has 0 aliphatic carbocycles. The molecule has 14 nitrogen and oxygen atoms in total. The van der Waals surface area contributed by atoms with Gasteiger partial charge in [0, 0.05) is 91.6 Å². The van der Waals surface area contributed by atoms with Gasteiger partial charge in [0.15, 0.2) is 0 Å². The predicted molar refractivity (Wildman–Crippen MR) is 624 cm³/mol. The van der Waals surface area contributed by atoms with Gasteiger partial charge < -0.3 is 68.8 Å². The molecule has 4 atom stereocenters. The van der Waals surface area contributed by atoms with E-state index in [1.165, 1.54) is 298 Å². The lowest BCUT2D eigenvalue weighted by Crippen LogP contribution is -2.32. The van der Waals surface area contributed by atoms with Crippen molar-refractivity contribution in [3.05, 3.63) is 0 Å². The van der Waals surface area contributed by atoms with Crippen molar-refractivity contribution >= 4 is 0 Å². The first-order valence-corrected chi connectivity index (χ1v) is 56.6. The molecule has 9 saturated heterocycles. The highest BCUT2D eigenvalue weighted by atomic mass is 19.1. The fourth-order valence-corrected chi connectivity index (χ4v) is 11.2. The molecule has 9 aliphatic heterocycles. The van der Waals surface area contributed by atoms with Crippen LogP contribution >= 0.6 is 0 Å². The van der Waals surface area contributed by atoms with Crippen molar-refractivity contribution in [2.24, 2.45) is 29.6 Å². The van der Waals surface area contributed by atoms with Crippen LogP contribution < -0.4 is 0 Å². The van der Waals surface area contributed by atoms with E-state index < -0.39 is 6.17 Å². The van der Waals surface area contributed by atoms with Gasteiger partial charge in [-0.05, 0) is 264 Å². The Hall–Kier alpha value is -0.630. The van der Waals surface area contributed by atoms with Crippen LogP contribution in [0.2, 0.25) is 0 Å². The van der Waals surface area contributed by atoms with Crippen molar-refractivity contribution in [3.63, 3.8) is 0 Å². The van der Waals surface area contributed by atoms with Crippen molar-refractivity contribution in [1.29, 1.82) is 0 Å². The average Bonchev–Trinajstić information content (AvgIpc) is 1.94. The lowest BCUT2D eigenvalue weighted by molar-refractivity contribution is 0.123. The lowest BCUT2D eigenvalue weighted by atomic mass is 10.00. The second kappa shape index (κ2) is 166. The molecule has 0 aromatic rings. The van der Waals surface area contributed by atoms with Crippen LogP contribution in [0.15, 0.2) is 0 Å². The van der Waals surface area contributed by atoms with Gasteiger partial charge in [0.25, 0.3) is 0 Å². The van der Waals surface area contributed by atoms with E-state index in [0.717, 1.165) is 68.9 Å². The SMILES string of the molecule is C.CC1CCN(C)C1.CC1CCN(C)CC1.CCC.CCC.CCC.CCC.CCC.CCC.CCC.CCC.CCC.CCC.CCC.CCC.CCC.CCC.CCC.CCC.CCC.CCC.CN1CCCN(C)CC1.CN1CCCN(C)CCC1.CN1CCN(C)CC(F)C1.CN1CCN(C)CC(O)C1.C[C@@H]1CCCN(C)C1.C[C@@H]1CCN(C)C1.C[C@H]1CCN(C)C1. The molecule has 1 unspecified atom stereocenters. The number of β-amino-alcohol motifs (C(OH)–C–C–N with tert-alkyl or cyclic N) is 1. The van der Waals surface area contributed by atoms with E-state index >= 15 is 0 Å². The zero-order chi connectivity index (χ0) is 106. The van der Waals surface area contributed by atoms with Crippen molar-refractivity contribution < 1.29 is 9.50 Å². The summed E-state index contributed by atoms with van der Waals surface area (Å²) in [5, 5.41) is 9.35. The summed E-state index contributed by atoms with van der Waals surface area (Å²) in [6.45, 7) is 118. The molecule has 824 valence electrons. The molecule has 0 spiro atoms. The van der Waals surface area contributed by atoms with Crippen molar-refractivity contribution in [3.8, 4) is 0 Å². The van der Waals surface area contributed by atoms with Crippen LogP contribution in [0, 0.1) is 29.6 Å². The molecule has 9 aliphatic rings. The second-order valence-electron chi connectivity index (χ2n) is 39.3. The largest absolute Gasteiger partial charge is 0.390 e. The molecule has 131 heavy (non-hydrogen) atoms. The summed E-state index contributed by atoms with van der Waals surface area (Å²) < 4.78 is 12.9. The first-order valence-electron chi connectivity index (χ1n) is 56.6. The maximum absolute atomic E-state index is 12.9. The van der Waals surface area contributed by atoms with Gasteiger partial charge in [-0.15, -0.1) is 0 Å². The highest BCUT2D eigenvalue weighted by Crippen LogP contribution is 2.16. The highest BCUT2D eigenvalue weighted by molar-refractivity contribution is 4.74.